The van der Waals surface area contributed by atoms with E-state index in [-0.39, 0.29) is 29.5 Å². The minimum Gasteiger partial charge on any atom is -0.392 e. The maximum atomic E-state index is 12.8. The fraction of sp³-hybridized carbons (Fsp3) is 0.750. The average Bonchev–Trinajstić information content (AvgIpc) is 3.07. The summed E-state index contributed by atoms with van der Waals surface area (Å²) < 4.78 is 1.79. The Kier molecular flexibility index (Phi) is 4.23. The first-order chi connectivity index (χ1) is 10.6. The number of rotatable bonds is 3. The molecule has 1 aromatic heterocycles. The first kappa shape index (κ1) is 15.5. The molecule has 4 atom stereocenters. The molecule has 0 unspecified atom stereocenters. The second kappa shape index (κ2) is 6.01. The van der Waals surface area contributed by atoms with Gasteiger partial charge in [-0.15, -0.1) is 0 Å². The van der Waals surface area contributed by atoms with Crippen molar-refractivity contribution in [2.45, 2.75) is 63.8 Å². The Bertz CT molecular complexity index is 518. The van der Waals surface area contributed by atoms with Crippen molar-refractivity contribution in [3.8, 4) is 0 Å². The van der Waals surface area contributed by atoms with E-state index in [0.29, 0.717) is 13.1 Å². The zero-order valence-electron chi connectivity index (χ0n) is 13.2. The van der Waals surface area contributed by atoms with Crippen molar-refractivity contribution in [3.63, 3.8) is 0 Å². The zero-order valence-corrected chi connectivity index (χ0v) is 13.2. The molecule has 122 valence electrons. The number of aliphatic hydroxyl groups excluding tert-OH is 1. The molecule has 1 aliphatic carbocycles. The molecular formula is C16H26N4O2. The van der Waals surface area contributed by atoms with Gasteiger partial charge in [0.2, 0.25) is 5.91 Å². The van der Waals surface area contributed by atoms with Gasteiger partial charge in [0, 0.05) is 36.4 Å². The number of carbonyl (C=O) groups excluding carboxylic acids is 1. The summed E-state index contributed by atoms with van der Waals surface area (Å²) in [7, 11) is 0. The van der Waals surface area contributed by atoms with Gasteiger partial charge >= 0.3 is 0 Å². The summed E-state index contributed by atoms with van der Waals surface area (Å²) in [5.74, 6) is 0.0799. The summed E-state index contributed by atoms with van der Waals surface area (Å²) in [5, 5.41) is 10.6. The third-order valence-corrected chi connectivity index (χ3v) is 5.57. The second-order valence-electron chi connectivity index (χ2n) is 6.95. The van der Waals surface area contributed by atoms with E-state index in [1.807, 2.05) is 4.90 Å². The number of nitrogens with two attached hydrogens (primary N) is 1. The van der Waals surface area contributed by atoms with Crippen LogP contribution in [0.4, 0.5) is 0 Å². The van der Waals surface area contributed by atoms with Gasteiger partial charge < -0.3 is 20.3 Å². The highest BCUT2D eigenvalue weighted by Crippen LogP contribution is 2.48. The van der Waals surface area contributed by atoms with Gasteiger partial charge in [0.1, 0.15) is 6.54 Å². The Labute approximate surface area is 131 Å². The quantitative estimate of drug-likeness (QED) is 0.863. The molecule has 22 heavy (non-hydrogen) atoms. The Balaban J connectivity index is 1.85. The minimum atomic E-state index is -0.347. The van der Waals surface area contributed by atoms with Crippen LogP contribution in [0.15, 0.2) is 18.7 Å². The van der Waals surface area contributed by atoms with Gasteiger partial charge in [0.15, 0.2) is 0 Å². The van der Waals surface area contributed by atoms with Crippen molar-refractivity contribution in [2.24, 2.45) is 11.1 Å². The van der Waals surface area contributed by atoms with Crippen LogP contribution in [0.5, 0.6) is 0 Å². The number of likely N-dealkylation sites (tertiary alicyclic amines) is 1. The SMILES string of the molecule is C[C@@]12C[C@H](CN)N(C(=O)Cn3ccnc3)[C@@H]1CCCC[C@H]2O. The minimum absolute atomic E-state index is 0.0266. The van der Waals surface area contributed by atoms with Gasteiger partial charge in [-0.3, -0.25) is 4.79 Å². The summed E-state index contributed by atoms with van der Waals surface area (Å²) in [6.45, 7) is 2.87. The van der Waals surface area contributed by atoms with Crippen LogP contribution in [0.3, 0.4) is 0 Å². The number of carbonyl (C=O) groups is 1. The van der Waals surface area contributed by atoms with E-state index in [4.69, 9.17) is 5.73 Å². The maximum absolute atomic E-state index is 12.8. The van der Waals surface area contributed by atoms with Gasteiger partial charge in [-0.05, 0) is 19.3 Å². The number of aromatic nitrogens is 2. The van der Waals surface area contributed by atoms with Crippen molar-refractivity contribution in [1.82, 2.24) is 14.5 Å². The lowest BCUT2D eigenvalue weighted by Crippen LogP contribution is -2.49. The highest BCUT2D eigenvalue weighted by molar-refractivity contribution is 5.77. The molecule has 1 aliphatic heterocycles. The molecule has 1 amide bonds. The first-order valence-corrected chi connectivity index (χ1v) is 8.21. The van der Waals surface area contributed by atoms with E-state index in [0.717, 1.165) is 32.1 Å². The average molecular weight is 306 g/mol. The van der Waals surface area contributed by atoms with E-state index in [1.54, 1.807) is 23.3 Å². The van der Waals surface area contributed by atoms with Crippen LogP contribution in [0.2, 0.25) is 0 Å². The van der Waals surface area contributed by atoms with Crippen LogP contribution >= 0.6 is 0 Å². The lowest BCUT2D eigenvalue weighted by Gasteiger charge is -2.37. The predicted molar refractivity (Wildman–Crippen MR) is 82.9 cm³/mol. The molecule has 2 aliphatic rings. The van der Waals surface area contributed by atoms with Gasteiger partial charge in [0.05, 0.1) is 12.4 Å². The lowest BCUT2D eigenvalue weighted by molar-refractivity contribution is -0.136. The first-order valence-electron chi connectivity index (χ1n) is 8.21. The summed E-state index contributed by atoms with van der Waals surface area (Å²) >= 11 is 0. The topological polar surface area (TPSA) is 84.4 Å². The fourth-order valence-electron chi connectivity index (χ4n) is 4.34. The molecule has 1 aromatic rings. The van der Waals surface area contributed by atoms with E-state index in [2.05, 4.69) is 11.9 Å². The van der Waals surface area contributed by atoms with E-state index in [1.165, 1.54) is 0 Å². The normalized spacial score (nSPS) is 35.2. The molecule has 3 N–H and O–H groups in total. The van der Waals surface area contributed by atoms with Crippen LogP contribution in [0.1, 0.15) is 39.0 Å². The largest absolute Gasteiger partial charge is 0.392 e. The molecule has 3 rings (SSSR count). The number of amides is 1. The molecule has 0 radical (unpaired) electrons. The molecule has 0 bridgehead atoms. The van der Waals surface area contributed by atoms with Gasteiger partial charge in [-0.1, -0.05) is 19.8 Å². The lowest BCUT2D eigenvalue weighted by atomic mass is 9.75. The van der Waals surface area contributed by atoms with E-state index < -0.39 is 0 Å². The summed E-state index contributed by atoms with van der Waals surface area (Å²) in [4.78, 5) is 18.8. The van der Waals surface area contributed by atoms with Crippen LogP contribution in [0.25, 0.3) is 0 Å². The molecule has 6 nitrogen and oxygen atoms in total. The second-order valence-corrected chi connectivity index (χ2v) is 6.95. The molecule has 0 aromatic carbocycles. The smallest absolute Gasteiger partial charge is 0.243 e. The molecule has 6 heteroatoms. The molecule has 2 heterocycles. The number of imidazole rings is 1. The van der Waals surface area contributed by atoms with Crippen LogP contribution in [0, 0.1) is 5.41 Å². The van der Waals surface area contributed by atoms with Crippen molar-refractivity contribution in [1.29, 1.82) is 0 Å². The van der Waals surface area contributed by atoms with Crippen LogP contribution < -0.4 is 5.73 Å². The monoisotopic (exact) mass is 306 g/mol. The molecule has 2 fully saturated rings. The third kappa shape index (κ3) is 2.54. The summed E-state index contributed by atoms with van der Waals surface area (Å²) in [5.41, 5.74) is 5.71. The van der Waals surface area contributed by atoms with Crippen molar-refractivity contribution in [3.05, 3.63) is 18.7 Å². The maximum Gasteiger partial charge on any atom is 0.243 e. The van der Waals surface area contributed by atoms with Crippen LogP contribution in [-0.4, -0.2) is 50.2 Å². The van der Waals surface area contributed by atoms with Crippen LogP contribution in [-0.2, 0) is 11.3 Å². The summed E-state index contributed by atoms with van der Waals surface area (Å²) in [6, 6.07) is 0.119. The Morgan fingerprint density at radius 2 is 2.23 bits per heavy atom. The van der Waals surface area contributed by atoms with Crippen molar-refractivity contribution in [2.75, 3.05) is 6.54 Å². The summed E-state index contributed by atoms with van der Waals surface area (Å²) in [6.07, 6.45) is 9.46. The molecule has 1 saturated carbocycles. The van der Waals surface area contributed by atoms with E-state index >= 15 is 0 Å². The standard InChI is InChI=1S/C16H26N4O2/c1-16-8-12(9-17)20(13(16)4-2-3-5-14(16)21)15(22)10-19-7-6-18-11-19/h6-7,11-14,21H,2-5,8-10,17H2,1H3/t12-,13-,14-,16-/m1/s1. The number of aliphatic hydroxyl groups is 1. The Hall–Kier alpha value is -1.40. The Morgan fingerprint density at radius 1 is 1.45 bits per heavy atom. The molecular weight excluding hydrogens is 280 g/mol. The highest BCUT2D eigenvalue weighted by Gasteiger charge is 2.54. The Morgan fingerprint density at radius 3 is 2.91 bits per heavy atom. The van der Waals surface area contributed by atoms with Gasteiger partial charge in [-0.25, -0.2) is 4.98 Å². The highest BCUT2D eigenvalue weighted by atomic mass is 16.3. The number of fused-ring (bicyclic) bond motifs is 1. The van der Waals surface area contributed by atoms with E-state index in [9.17, 15) is 9.90 Å². The zero-order chi connectivity index (χ0) is 15.7. The van der Waals surface area contributed by atoms with Crippen molar-refractivity contribution < 1.29 is 9.90 Å². The number of hydrogen-bond acceptors (Lipinski definition) is 4. The van der Waals surface area contributed by atoms with Crippen molar-refractivity contribution >= 4 is 5.91 Å². The number of nitrogens with zero attached hydrogens (tertiary/aromatic N) is 3. The van der Waals surface area contributed by atoms with Gasteiger partial charge in [-0.2, -0.15) is 0 Å². The fourth-order valence-corrected chi connectivity index (χ4v) is 4.34. The molecule has 0 spiro atoms. The van der Waals surface area contributed by atoms with Gasteiger partial charge in [0.25, 0.3) is 0 Å². The predicted octanol–water partition coefficient (Wildman–Crippen LogP) is 0.752. The number of hydrogen-bond donors (Lipinski definition) is 2. The molecule has 1 saturated heterocycles. The third-order valence-electron chi connectivity index (χ3n) is 5.57.